The van der Waals surface area contributed by atoms with Crippen molar-refractivity contribution in [3.8, 4) is 0 Å². The minimum atomic E-state index is -1.38. The van der Waals surface area contributed by atoms with Crippen LogP contribution in [0.2, 0.25) is 0 Å². The van der Waals surface area contributed by atoms with Crippen molar-refractivity contribution in [2.24, 2.45) is 34.5 Å². The van der Waals surface area contributed by atoms with E-state index in [4.69, 9.17) is 18.9 Å². The van der Waals surface area contributed by atoms with Gasteiger partial charge in [-0.25, -0.2) is 0 Å². The van der Waals surface area contributed by atoms with Gasteiger partial charge in [0.15, 0.2) is 12.1 Å². The highest BCUT2D eigenvalue weighted by Crippen LogP contribution is 2.72. The Bertz CT molecular complexity index is 1100. The van der Waals surface area contributed by atoms with Crippen molar-refractivity contribution in [3.63, 3.8) is 0 Å². The largest absolute Gasteiger partial charge is 0.393 e. The molecule has 3 heterocycles. The van der Waals surface area contributed by atoms with Gasteiger partial charge in [0.2, 0.25) is 0 Å². The van der Waals surface area contributed by atoms with Crippen LogP contribution in [0.3, 0.4) is 0 Å². The molecule has 3 aliphatic heterocycles. The zero-order chi connectivity index (χ0) is 29.1. The molecular formula is C32H48O9. The van der Waals surface area contributed by atoms with Crippen molar-refractivity contribution in [2.45, 2.75) is 126 Å². The van der Waals surface area contributed by atoms with Crippen molar-refractivity contribution < 1.29 is 44.5 Å². The molecule has 4 aliphatic carbocycles. The van der Waals surface area contributed by atoms with Gasteiger partial charge in [0.05, 0.1) is 31.5 Å². The smallest absolute Gasteiger partial charge is 0.186 e. The van der Waals surface area contributed by atoms with Gasteiger partial charge >= 0.3 is 0 Å². The van der Waals surface area contributed by atoms with Crippen LogP contribution in [0.1, 0.15) is 72.1 Å². The highest BCUT2D eigenvalue weighted by molar-refractivity contribution is 5.30. The maximum Gasteiger partial charge on any atom is 0.186 e. The maximum absolute atomic E-state index is 12.6. The third-order valence-electron chi connectivity index (χ3n) is 13.2. The third-order valence-corrected chi connectivity index (χ3v) is 13.2. The Hall–Kier alpha value is -0.880. The SMILES string of the molecule is C=C1CCC2(OC1)OC1CC3C4CC=C5CC(O)CC(OC6OCC(O)C(O)C6O)C5(C)C4CCC3(C)C1(O)C2C. The maximum atomic E-state index is 12.6. The molecule has 3 saturated carbocycles. The predicted octanol–water partition coefficient (Wildman–Crippen LogP) is 2.18. The van der Waals surface area contributed by atoms with Crippen LogP contribution in [0.25, 0.3) is 0 Å². The van der Waals surface area contributed by atoms with E-state index in [1.54, 1.807) is 0 Å². The van der Waals surface area contributed by atoms with Crippen LogP contribution in [-0.4, -0.2) is 93.0 Å². The molecule has 5 N–H and O–H groups in total. The first-order chi connectivity index (χ1) is 19.3. The number of aliphatic hydroxyl groups is 5. The number of allylic oxidation sites excluding steroid dienone is 1. The number of ether oxygens (including phenoxy) is 4. The fourth-order valence-corrected chi connectivity index (χ4v) is 10.7. The first-order valence-electron chi connectivity index (χ1n) is 15.7. The molecule has 0 radical (unpaired) electrons. The van der Waals surface area contributed by atoms with E-state index < -0.39 is 53.6 Å². The molecule has 3 saturated heterocycles. The lowest BCUT2D eigenvalue weighted by Gasteiger charge is -2.61. The van der Waals surface area contributed by atoms with E-state index >= 15 is 0 Å². The average Bonchev–Trinajstić information content (AvgIpc) is 3.29. The number of hydrogen-bond acceptors (Lipinski definition) is 9. The average molecular weight is 577 g/mol. The summed E-state index contributed by atoms with van der Waals surface area (Å²) < 4.78 is 25.1. The summed E-state index contributed by atoms with van der Waals surface area (Å²) in [7, 11) is 0. The molecular weight excluding hydrogens is 528 g/mol. The van der Waals surface area contributed by atoms with E-state index in [0.29, 0.717) is 25.4 Å². The Balaban J connectivity index is 1.17. The molecule has 0 aromatic heterocycles. The van der Waals surface area contributed by atoms with Gasteiger partial charge in [0, 0.05) is 29.6 Å². The Kier molecular flexibility index (Phi) is 6.73. The molecule has 9 heteroatoms. The summed E-state index contributed by atoms with van der Waals surface area (Å²) in [6, 6.07) is 0. The number of aliphatic hydroxyl groups excluding tert-OH is 4. The van der Waals surface area contributed by atoms with Crippen LogP contribution in [-0.2, 0) is 18.9 Å². The van der Waals surface area contributed by atoms with E-state index in [2.05, 4.69) is 33.4 Å². The van der Waals surface area contributed by atoms with E-state index in [1.165, 1.54) is 5.57 Å². The molecule has 230 valence electrons. The van der Waals surface area contributed by atoms with Gasteiger partial charge in [-0.2, -0.15) is 0 Å². The van der Waals surface area contributed by atoms with Gasteiger partial charge in [-0.1, -0.05) is 44.6 Å². The molecule has 0 bridgehead atoms. The zero-order valence-electron chi connectivity index (χ0n) is 24.6. The summed E-state index contributed by atoms with van der Waals surface area (Å²) in [4.78, 5) is 0. The molecule has 0 aromatic rings. The second kappa shape index (κ2) is 9.56. The first kappa shape index (κ1) is 28.9. The van der Waals surface area contributed by atoms with Crippen molar-refractivity contribution in [1.29, 1.82) is 0 Å². The minimum absolute atomic E-state index is 0.123. The summed E-state index contributed by atoms with van der Waals surface area (Å²) >= 11 is 0. The molecule has 1 spiro atoms. The molecule has 0 aromatic carbocycles. The van der Waals surface area contributed by atoms with Gasteiger partial charge in [0.25, 0.3) is 0 Å². The molecule has 6 fully saturated rings. The summed E-state index contributed by atoms with van der Waals surface area (Å²) in [6.45, 7) is 11.1. The first-order valence-corrected chi connectivity index (χ1v) is 15.7. The highest BCUT2D eigenvalue weighted by atomic mass is 16.7. The van der Waals surface area contributed by atoms with E-state index in [-0.39, 0.29) is 35.9 Å². The molecule has 41 heavy (non-hydrogen) atoms. The summed E-state index contributed by atoms with van der Waals surface area (Å²) in [5.41, 5.74) is 0.558. The molecule has 7 aliphatic rings. The van der Waals surface area contributed by atoms with Gasteiger partial charge in [-0.3, -0.25) is 0 Å². The van der Waals surface area contributed by atoms with Crippen molar-refractivity contribution in [1.82, 2.24) is 0 Å². The quantitative estimate of drug-likeness (QED) is 0.313. The molecule has 15 atom stereocenters. The van der Waals surface area contributed by atoms with Gasteiger partial charge in [-0.15, -0.1) is 0 Å². The second-order valence-corrected chi connectivity index (χ2v) is 14.8. The van der Waals surface area contributed by atoms with Crippen LogP contribution in [0.5, 0.6) is 0 Å². The molecule has 7 rings (SSSR count). The van der Waals surface area contributed by atoms with Gasteiger partial charge in [0.1, 0.15) is 23.9 Å². The van der Waals surface area contributed by atoms with Crippen LogP contribution < -0.4 is 0 Å². The van der Waals surface area contributed by atoms with E-state index in [9.17, 15) is 25.5 Å². The Morgan fingerprint density at radius 2 is 1.83 bits per heavy atom. The number of fused-ring (bicyclic) bond motifs is 7. The monoisotopic (exact) mass is 576 g/mol. The van der Waals surface area contributed by atoms with Crippen molar-refractivity contribution in [2.75, 3.05) is 13.2 Å². The Morgan fingerprint density at radius 3 is 2.56 bits per heavy atom. The van der Waals surface area contributed by atoms with Gasteiger partial charge in [-0.05, 0) is 56.3 Å². The standard InChI is InChI=1S/C32H48O9/c1-16-7-10-31(39-14-16)17(2)32(37)25(41-31)13-22-20-6-5-18-11-19(33)12-24(30(18,4)21(20)8-9-29(22,32)3)40-28-27(36)26(35)23(34)15-38-28/h5,17,19-28,33-37H,1,6-15H2,2-4H3. The fraction of sp³-hybridized carbons (Fsp3) is 0.875. The summed E-state index contributed by atoms with van der Waals surface area (Å²) in [5.74, 6) is -0.0889. The van der Waals surface area contributed by atoms with Gasteiger partial charge < -0.3 is 44.5 Å². The molecule has 9 nitrogen and oxygen atoms in total. The van der Waals surface area contributed by atoms with Crippen LogP contribution in [0, 0.1) is 34.5 Å². The molecule has 15 unspecified atom stereocenters. The Labute approximate surface area is 242 Å². The van der Waals surface area contributed by atoms with Crippen LogP contribution in [0.4, 0.5) is 0 Å². The summed E-state index contributed by atoms with van der Waals surface area (Å²) in [6.07, 6.45) is 2.05. The number of rotatable bonds is 2. The molecule has 0 amide bonds. The lowest BCUT2D eigenvalue weighted by molar-refractivity contribution is -0.300. The Morgan fingerprint density at radius 1 is 1.05 bits per heavy atom. The third kappa shape index (κ3) is 3.80. The van der Waals surface area contributed by atoms with Crippen molar-refractivity contribution in [3.05, 3.63) is 23.8 Å². The predicted molar refractivity (Wildman–Crippen MR) is 147 cm³/mol. The lowest BCUT2D eigenvalue weighted by Crippen LogP contribution is -2.62. The second-order valence-electron chi connectivity index (χ2n) is 14.8. The summed E-state index contributed by atoms with van der Waals surface area (Å²) in [5, 5.41) is 54.3. The highest BCUT2D eigenvalue weighted by Gasteiger charge is 2.76. The zero-order valence-corrected chi connectivity index (χ0v) is 24.6. The van der Waals surface area contributed by atoms with Crippen molar-refractivity contribution >= 4 is 0 Å². The van der Waals surface area contributed by atoms with Crippen LogP contribution in [0.15, 0.2) is 23.8 Å². The van der Waals surface area contributed by atoms with E-state index in [0.717, 1.165) is 44.1 Å². The minimum Gasteiger partial charge on any atom is -0.393 e. The lowest BCUT2D eigenvalue weighted by atomic mass is 9.45. The number of hydrogen-bond donors (Lipinski definition) is 5. The fourth-order valence-electron chi connectivity index (χ4n) is 10.7. The topological polar surface area (TPSA) is 138 Å². The van der Waals surface area contributed by atoms with E-state index in [1.807, 2.05) is 0 Å². The van der Waals surface area contributed by atoms with Crippen LogP contribution >= 0.6 is 0 Å². The normalized spacial score (nSPS) is 58.4.